The molecule has 0 aromatic rings. The standard InChI is InChI=1S/C11H26O2Si/c1-6-9-11(4,10-7-2)13-14(5)12-8-3/h14H,6-10H2,1-5H3. The van der Waals surface area contributed by atoms with Crippen LogP contribution in [0.15, 0.2) is 0 Å². The molecule has 3 heteroatoms. The summed E-state index contributed by atoms with van der Waals surface area (Å²) in [4.78, 5) is 0. The van der Waals surface area contributed by atoms with E-state index in [4.69, 9.17) is 8.85 Å². The van der Waals surface area contributed by atoms with Crippen molar-refractivity contribution in [2.75, 3.05) is 6.61 Å². The van der Waals surface area contributed by atoms with Crippen molar-refractivity contribution < 1.29 is 8.85 Å². The fourth-order valence-electron chi connectivity index (χ4n) is 1.97. The second-order valence-corrected chi connectivity index (χ2v) is 5.80. The summed E-state index contributed by atoms with van der Waals surface area (Å²) in [5, 5.41) is 0. The Morgan fingerprint density at radius 1 is 1.07 bits per heavy atom. The van der Waals surface area contributed by atoms with Crippen LogP contribution < -0.4 is 0 Å². The van der Waals surface area contributed by atoms with Crippen LogP contribution in [0.25, 0.3) is 0 Å². The largest absolute Gasteiger partial charge is 0.397 e. The van der Waals surface area contributed by atoms with Crippen molar-refractivity contribution >= 4 is 9.28 Å². The fourth-order valence-corrected chi connectivity index (χ4v) is 3.54. The smallest absolute Gasteiger partial charge is 0.318 e. The predicted octanol–water partition coefficient (Wildman–Crippen LogP) is 3.25. The third-order valence-corrected chi connectivity index (χ3v) is 4.11. The van der Waals surface area contributed by atoms with Crippen molar-refractivity contribution in [2.45, 2.75) is 65.5 Å². The van der Waals surface area contributed by atoms with E-state index in [0.29, 0.717) is 0 Å². The summed E-state index contributed by atoms with van der Waals surface area (Å²) in [6, 6.07) is 0. The van der Waals surface area contributed by atoms with Crippen molar-refractivity contribution in [3.05, 3.63) is 0 Å². The van der Waals surface area contributed by atoms with Gasteiger partial charge < -0.3 is 8.85 Å². The van der Waals surface area contributed by atoms with E-state index in [1.807, 2.05) is 6.92 Å². The zero-order valence-electron chi connectivity index (χ0n) is 10.4. The van der Waals surface area contributed by atoms with Crippen LogP contribution in [0, 0.1) is 0 Å². The van der Waals surface area contributed by atoms with Crippen LogP contribution in [-0.4, -0.2) is 21.5 Å². The second-order valence-electron chi connectivity index (χ2n) is 4.09. The summed E-state index contributed by atoms with van der Waals surface area (Å²) in [7, 11) is -1.39. The van der Waals surface area contributed by atoms with E-state index in [0.717, 1.165) is 19.4 Å². The lowest BCUT2D eigenvalue weighted by atomic mass is 9.95. The third kappa shape index (κ3) is 5.78. The van der Waals surface area contributed by atoms with Gasteiger partial charge in [-0.3, -0.25) is 0 Å². The van der Waals surface area contributed by atoms with Crippen molar-refractivity contribution in [2.24, 2.45) is 0 Å². The first-order valence-corrected chi connectivity index (χ1v) is 7.97. The summed E-state index contributed by atoms with van der Waals surface area (Å²) < 4.78 is 11.6. The number of hydrogen-bond donors (Lipinski definition) is 0. The summed E-state index contributed by atoms with van der Waals surface area (Å²) in [6.45, 7) is 11.6. The van der Waals surface area contributed by atoms with E-state index >= 15 is 0 Å². The van der Waals surface area contributed by atoms with E-state index in [1.54, 1.807) is 0 Å². The first-order chi connectivity index (χ1) is 6.58. The molecule has 0 rings (SSSR count). The zero-order valence-corrected chi connectivity index (χ0v) is 11.6. The Kier molecular flexibility index (Phi) is 7.50. The van der Waals surface area contributed by atoms with Crippen molar-refractivity contribution in [1.82, 2.24) is 0 Å². The number of hydrogen-bond acceptors (Lipinski definition) is 2. The molecule has 0 amide bonds. The Morgan fingerprint density at radius 3 is 1.93 bits per heavy atom. The van der Waals surface area contributed by atoms with E-state index < -0.39 is 9.28 Å². The summed E-state index contributed by atoms with van der Waals surface area (Å²) in [6.07, 6.45) is 4.66. The molecular formula is C11H26O2Si. The molecule has 14 heavy (non-hydrogen) atoms. The van der Waals surface area contributed by atoms with E-state index in [1.165, 1.54) is 12.8 Å². The molecule has 1 unspecified atom stereocenters. The van der Waals surface area contributed by atoms with Gasteiger partial charge in [-0.1, -0.05) is 26.7 Å². The molecule has 0 N–H and O–H groups in total. The average molecular weight is 218 g/mol. The van der Waals surface area contributed by atoms with Gasteiger partial charge in [-0.05, 0) is 33.2 Å². The van der Waals surface area contributed by atoms with Gasteiger partial charge >= 0.3 is 9.28 Å². The maximum absolute atomic E-state index is 6.08. The second kappa shape index (κ2) is 7.43. The molecule has 2 nitrogen and oxygen atoms in total. The summed E-state index contributed by atoms with van der Waals surface area (Å²) in [5.41, 5.74) is 0.0598. The lowest BCUT2D eigenvalue weighted by Gasteiger charge is -2.32. The minimum atomic E-state index is -1.39. The quantitative estimate of drug-likeness (QED) is 0.582. The Labute approximate surface area is 90.8 Å². The molecule has 0 fully saturated rings. The van der Waals surface area contributed by atoms with E-state index in [2.05, 4.69) is 27.3 Å². The SMILES string of the molecule is CCCC(C)(CCC)O[SiH](C)OCC. The van der Waals surface area contributed by atoms with Crippen LogP contribution in [0.5, 0.6) is 0 Å². The molecule has 0 aromatic heterocycles. The van der Waals surface area contributed by atoms with Gasteiger partial charge in [0.25, 0.3) is 0 Å². The highest BCUT2D eigenvalue weighted by molar-refractivity contribution is 6.42. The van der Waals surface area contributed by atoms with Gasteiger partial charge in [0.15, 0.2) is 0 Å². The van der Waals surface area contributed by atoms with Gasteiger partial charge in [-0.15, -0.1) is 0 Å². The van der Waals surface area contributed by atoms with Crippen LogP contribution in [0.3, 0.4) is 0 Å². The lowest BCUT2D eigenvalue weighted by Crippen LogP contribution is -2.36. The van der Waals surface area contributed by atoms with Crippen molar-refractivity contribution in [1.29, 1.82) is 0 Å². The third-order valence-electron chi connectivity index (χ3n) is 2.41. The van der Waals surface area contributed by atoms with Gasteiger partial charge in [-0.2, -0.15) is 0 Å². The Bertz CT molecular complexity index is 133. The highest BCUT2D eigenvalue weighted by Crippen LogP contribution is 2.24. The Morgan fingerprint density at radius 2 is 1.57 bits per heavy atom. The van der Waals surface area contributed by atoms with E-state index in [9.17, 15) is 0 Å². The molecule has 0 spiro atoms. The molecule has 0 radical (unpaired) electrons. The highest BCUT2D eigenvalue weighted by Gasteiger charge is 2.26. The highest BCUT2D eigenvalue weighted by atomic mass is 28.3. The molecule has 86 valence electrons. The average Bonchev–Trinajstić information content (AvgIpc) is 2.04. The van der Waals surface area contributed by atoms with Crippen molar-refractivity contribution in [3.63, 3.8) is 0 Å². The molecule has 1 atom stereocenters. The normalized spacial score (nSPS) is 14.4. The maximum Gasteiger partial charge on any atom is 0.318 e. The molecule has 0 aliphatic heterocycles. The first-order valence-electron chi connectivity index (χ1n) is 5.87. The predicted molar refractivity (Wildman–Crippen MR) is 63.9 cm³/mol. The van der Waals surface area contributed by atoms with Gasteiger partial charge in [0.2, 0.25) is 0 Å². The van der Waals surface area contributed by atoms with Gasteiger partial charge in [0.05, 0.1) is 5.60 Å². The molecule has 0 saturated heterocycles. The van der Waals surface area contributed by atoms with Crippen LogP contribution in [0.4, 0.5) is 0 Å². The molecule has 0 saturated carbocycles. The summed E-state index contributed by atoms with van der Waals surface area (Å²) in [5.74, 6) is 0. The first kappa shape index (κ1) is 14.1. The van der Waals surface area contributed by atoms with E-state index in [-0.39, 0.29) is 5.60 Å². The molecule has 0 bridgehead atoms. The van der Waals surface area contributed by atoms with Crippen LogP contribution in [0.2, 0.25) is 6.55 Å². The van der Waals surface area contributed by atoms with Crippen molar-refractivity contribution in [3.8, 4) is 0 Å². The molecule has 0 aromatic carbocycles. The van der Waals surface area contributed by atoms with Gasteiger partial charge in [-0.25, -0.2) is 0 Å². The fraction of sp³-hybridized carbons (Fsp3) is 1.00. The lowest BCUT2D eigenvalue weighted by molar-refractivity contribution is 0.0373. The monoisotopic (exact) mass is 218 g/mol. The Balaban J connectivity index is 4.05. The molecule has 0 aliphatic rings. The van der Waals surface area contributed by atoms with Gasteiger partial charge in [0, 0.05) is 6.61 Å². The van der Waals surface area contributed by atoms with Crippen LogP contribution in [0.1, 0.15) is 53.4 Å². The van der Waals surface area contributed by atoms with Gasteiger partial charge in [0.1, 0.15) is 0 Å². The van der Waals surface area contributed by atoms with Crippen LogP contribution >= 0.6 is 0 Å². The minimum Gasteiger partial charge on any atom is -0.397 e. The number of rotatable bonds is 8. The molecule has 0 aliphatic carbocycles. The maximum atomic E-state index is 6.08. The molecule has 0 heterocycles. The Hall–Kier alpha value is 0.137. The van der Waals surface area contributed by atoms with Crippen LogP contribution in [-0.2, 0) is 8.85 Å². The minimum absolute atomic E-state index is 0.0598. The topological polar surface area (TPSA) is 18.5 Å². The zero-order chi connectivity index (χ0) is 11.0. The summed E-state index contributed by atoms with van der Waals surface area (Å²) >= 11 is 0. The molecular weight excluding hydrogens is 192 g/mol.